The van der Waals surface area contributed by atoms with Crippen molar-refractivity contribution in [3.8, 4) is 0 Å². The smallest absolute Gasteiger partial charge is 0.413 e. The van der Waals surface area contributed by atoms with Crippen LogP contribution < -0.4 is 15.2 Å². The van der Waals surface area contributed by atoms with E-state index in [1.165, 1.54) is 29.5 Å². The normalized spacial score (nSPS) is 17.9. The minimum atomic E-state index is -0.919. The number of allylic oxidation sites excluding steroid dienone is 1. The van der Waals surface area contributed by atoms with E-state index in [1.54, 1.807) is 0 Å². The SMILES string of the molecule is C=CCOC(=O)Nc1nc(/C(=N/OC)C(=O)N[C@H]2C(=O)N3C(C(=O)OCC=C)=C([n+]4cc(C)ccc4C)CCC23)cs1. The van der Waals surface area contributed by atoms with Crippen LogP contribution in [0.3, 0.4) is 0 Å². The molecule has 0 bridgehead atoms. The highest BCUT2D eigenvalue weighted by molar-refractivity contribution is 7.14. The van der Waals surface area contributed by atoms with Crippen molar-refractivity contribution in [1.29, 1.82) is 0 Å². The molecule has 0 saturated carbocycles. The summed E-state index contributed by atoms with van der Waals surface area (Å²) in [5, 5.41) is 10.6. The molecule has 0 aliphatic carbocycles. The maximum absolute atomic E-state index is 13.5. The number of ether oxygens (including phenoxy) is 2. The lowest BCUT2D eigenvalue weighted by Crippen LogP contribution is -2.72. The summed E-state index contributed by atoms with van der Waals surface area (Å²) in [4.78, 5) is 62.2. The summed E-state index contributed by atoms with van der Waals surface area (Å²) in [5.41, 5.74) is 2.55. The van der Waals surface area contributed by atoms with E-state index >= 15 is 0 Å². The quantitative estimate of drug-likeness (QED) is 0.100. The second-order valence-electron chi connectivity index (χ2n) is 9.34. The molecule has 2 aliphatic heterocycles. The molecule has 1 unspecified atom stereocenters. The Kier molecular flexibility index (Phi) is 9.47. The van der Waals surface area contributed by atoms with Gasteiger partial charge in [0.15, 0.2) is 28.4 Å². The molecule has 4 rings (SSSR count). The van der Waals surface area contributed by atoms with Crippen molar-refractivity contribution >= 4 is 51.8 Å². The average Bonchev–Trinajstić information content (AvgIpc) is 3.44. The van der Waals surface area contributed by atoms with Gasteiger partial charge in [-0.2, -0.15) is 4.57 Å². The first-order valence-electron chi connectivity index (χ1n) is 13.0. The number of anilines is 1. The summed E-state index contributed by atoms with van der Waals surface area (Å²) >= 11 is 1.04. The number of carbonyl (C=O) groups is 4. The van der Waals surface area contributed by atoms with Gasteiger partial charge in [-0.05, 0) is 19.4 Å². The fourth-order valence-corrected chi connectivity index (χ4v) is 5.33. The van der Waals surface area contributed by atoms with Crippen LogP contribution in [0, 0.1) is 13.8 Å². The van der Waals surface area contributed by atoms with Gasteiger partial charge in [0.05, 0.1) is 6.04 Å². The first kappa shape index (κ1) is 30.1. The molecule has 4 heterocycles. The molecule has 2 aromatic heterocycles. The van der Waals surface area contributed by atoms with Gasteiger partial charge in [-0.1, -0.05) is 30.5 Å². The highest BCUT2D eigenvalue weighted by Gasteiger charge is 2.56. The van der Waals surface area contributed by atoms with E-state index in [9.17, 15) is 19.2 Å². The van der Waals surface area contributed by atoms with Crippen molar-refractivity contribution in [2.45, 2.75) is 38.8 Å². The third-order valence-electron chi connectivity index (χ3n) is 6.50. The number of nitrogens with one attached hydrogen (secondary N) is 2. The largest absolute Gasteiger partial charge is 0.457 e. The molecule has 42 heavy (non-hydrogen) atoms. The van der Waals surface area contributed by atoms with Crippen LogP contribution in [0.15, 0.2) is 59.9 Å². The minimum absolute atomic E-state index is 0.0180. The summed E-state index contributed by atoms with van der Waals surface area (Å²) < 4.78 is 12.1. The van der Waals surface area contributed by atoms with E-state index in [2.05, 4.69) is 33.9 Å². The molecule has 1 fully saturated rings. The highest BCUT2D eigenvalue weighted by Crippen LogP contribution is 2.37. The number of thiazole rings is 1. The molecular weight excluding hydrogens is 564 g/mol. The summed E-state index contributed by atoms with van der Waals surface area (Å²) in [5.74, 6) is -1.84. The number of aryl methyl sites for hydroxylation is 2. The summed E-state index contributed by atoms with van der Waals surface area (Å²) in [6, 6.07) is 2.49. The Hall–Kier alpha value is -4.85. The van der Waals surface area contributed by atoms with Gasteiger partial charge in [0.1, 0.15) is 32.1 Å². The fourth-order valence-electron chi connectivity index (χ4n) is 4.65. The number of β-lactam (4-membered cyclic amide) rings is 1. The van der Waals surface area contributed by atoms with Crippen LogP contribution in [-0.4, -0.2) is 71.9 Å². The first-order chi connectivity index (χ1) is 20.2. The third-order valence-corrected chi connectivity index (χ3v) is 7.26. The fraction of sp³-hybridized carbons (Fsp3) is 0.321. The number of pyridine rings is 1. The van der Waals surface area contributed by atoms with Crippen molar-refractivity contribution in [3.05, 3.63) is 71.7 Å². The lowest BCUT2D eigenvalue weighted by atomic mass is 9.85. The topological polar surface area (TPSA) is 152 Å². The van der Waals surface area contributed by atoms with Crippen LogP contribution >= 0.6 is 11.3 Å². The van der Waals surface area contributed by atoms with Crippen molar-refractivity contribution in [2.75, 3.05) is 25.6 Å². The predicted molar refractivity (Wildman–Crippen MR) is 153 cm³/mol. The second kappa shape index (κ2) is 13.2. The molecule has 1 saturated heterocycles. The molecule has 0 spiro atoms. The molecular formula is C28H31N6O7S+. The van der Waals surface area contributed by atoms with Gasteiger partial charge in [-0.3, -0.25) is 19.8 Å². The standard InChI is InChI=1S/C28H30N6O7S/c1-6-12-40-26(37)23-20(33-14-16(3)8-9-17(33)4)11-10-19-22(25(36)34(19)23)30-24(35)21(32-39-5)18-15-42-27(29-18)31-28(38)41-13-7-2/h6-9,14-15,19,22H,1-2,10-13H2,3-5H3,(H-,29,30,31,35,38)/p+1/b32-21-/t19?,22-/m1/s1. The monoisotopic (exact) mass is 595 g/mol. The van der Waals surface area contributed by atoms with Gasteiger partial charge in [-0.15, -0.1) is 11.3 Å². The lowest BCUT2D eigenvalue weighted by Gasteiger charge is -2.49. The van der Waals surface area contributed by atoms with Crippen LogP contribution in [0.2, 0.25) is 0 Å². The van der Waals surface area contributed by atoms with Gasteiger partial charge < -0.3 is 19.6 Å². The molecule has 14 heteroatoms. The van der Waals surface area contributed by atoms with Crippen molar-refractivity contribution in [3.63, 3.8) is 0 Å². The highest BCUT2D eigenvalue weighted by atomic mass is 32.1. The molecule has 3 amide bonds. The number of esters is 1. The molecule has 2 aromatic rings. The minimum Gasteiger partial charge on any atom is -0.457 e. The number of hydrogen-bond acceptors (Lipinski definition) is 10. The number of hydrogen-bond donors (Lipinski definition) is 2. The van der Waals surface area contributed by atoms with E-state index in [-0.39, 0.29) is 35.4 Å². The average molecular weight is 596 g/mol. The summed E-state index contributed by atoms with van der Waals surface area (Å²) in [6.07, 6.45) is 4.97. The van der Waals surface area contributed by atoms with Crippen LogP contribution in [-0.2, 0) is 28.7 Å². The Morgan fingerprint density at radius 2 is 1.95 bits per heavy atom. The van der Waals surface area contributed by atoms with E-state index in [4.69, 9.17) is 14.3 Å². The van der Waals surface area contributed by atoms with Crippen LogP contribution in [0.4, 0.5) is 9.93 Å². The zero-order chi connectivity index (χ0) is 30.4. The number of fused-ring (bicyclic) bond motifs is 1. The second-order valence-corrected chi connectivity index (χ2v) is 10.2. The molecule has 0 radical (unpaired) electrons. The number of oxime groups is 1. The Labute approximate surface area is 246 Å². The number of aromatic nitrogens is 2. The molecule has 13 nitrogen and oxygen atoms in total. The van der Waals surface area contributed by atoms with Gasteiger partial charge in [-0.25, -0.2) is 14.6 Å². The molecule has 2 aliphatic rings. The Morgan fingerprint density at radius 3 is 2.67 bits per heavy atom. The van der Waals surface area contributed by atoms with E-state index in [1.807, 2.05) is 36.7 Å². The van der Waals surface area contributed by atoms with Crippen molar-refractivity contribution < 1.29 is 38.1 Å². The number of amides is 3. The molecule has 2 N–H and O–H groups in total. The maximum atomic E-state index is 13.5. The van der Waals surface area contributed by atoms with Gasteiger partial charge in [0.25, 0.3) is 11.8 Å². The zero-order valence-corrected chi connectivity index (χ0v) is 24.2. The Balaban J connectivity index is 1.56. The van der Waals surface area contributed by atoms with Crippen molar-refractivity contribution in [1.82, 2.24) is 15.2 Å². The van der Waals surface area contributed by atoms with E-state index in [0.717, 1.165) is 22.6 Å². The summed E-state index contributed by atoms with van der Waals surface area (Å²) in [7, 11) is 1.27. The zero-order valence-electron chi connectivity index (χ0n) is 23.4. The lowest BCUT2D eigenvalue weighted by molar-refractivity contribution is -0.592. The van der Waals surface area contributed by atoms with Crippen LogP contribution in [0.1, 0.15) is 29.8 Å². The number of nitrogens with zero attached hydrogens (tertiary/aromatic N) is 4. The van der Waals surface area contributed by atoms with Crippen LogP contribution in [0.5, 0.6) is 0 Å². The van der Waals surface area contributed by atoms with Gasteiger partial charge >= 0.3 is 12.1 Å². The van der Waals surface area contributed by atoms with Gasteiger partial charge in [0.2, 0.25) is 5.70 Å². The molecule has 220 valence electrons. The van der Waals surface area contributed by atoms with E-state index in [0.29, 0.717) is 18.5 Å². The Bertz CT molecular complexity index is 1500. The number of rotatable bonds is 11. The molecule has 0 aromatic carbocycles. The maximum Gasteiger partial charge on any atom is 0.413 e. The third kappa shape index (κ3) is 6.22. The van der Waals surface area contributed by atoms with Crippen LogP contribution in [0.25, 0.3) is 5.70 Å². The molecule has 2 atom stereocenters. The first-order valence-corrected chi connectivity index (χ1v) is 13.8. The summed E-state index contributed by atoms with van der Waals surface area (Å²) in [6.45, 7) is 10.9. The number of carbonyl (C=O) groups excluding carboxylic acids is 4. The van der Waals surface area contributed by atoms with E-state index < -0.39 is 36.0 Å². The predicted octanol–water partition coefficient (Wildman–Crippen LogP) is 2.22. The van der Waals surface area contributed by atoms with Gasteiger partial charge in [0, 0.05) is 30.4 Å². The van der Waals surface area contributed by atoms with Crippen molar-refractivity contribution in [2.24, 2.45) is 5.16 Å². The Morgan fingerprint density at radius 1 is 1.21 bits per heavy atom.